The van der Waals surface area contributed by atoms with Gasteiger partial charge in [-0.1, -0.05) is 13.0 Å². The van der Waals surface area contributed by atoms with Gasteiger partial charge in [-0.25, -0.2) is 5.06 Å². The van der Waals surface area contributed by atoms with Gasteiger partial charge < -0.3 is 4.90 Å². The maximum atomic E-state index is 9.68. The molecule has 1 fully saturated rings. The second-order valence-electron chi connectivity index (χ2n) is 5.19. The fraction of sp³-hybridized carbons (Fsp3) is 0.500. The third-order valence-corrected chi connectivity index (χ3v) is 3.76. The minimum absolute atomic E-state index is 0.524. The molecule has 0 saturated carbocycles. The van der Waals surface area contributed by atoms with E-state index >= 15 is 0 Å². The van der Waals surface area contributed by atoms with Crippen LogP contribution < -0.4 is 0 Å². The standard InChI is InChI=1S/C14H20N4OS/c1-11-6-5-8-17(10-11)14(20)16-15-12(2)13-7-3-4-9-18(13)19/h3-4,7,9,11,19H,5-6,8,10H2,1-2H3/b13-12+,16-15?. The summed E-state index contributed by atoms with van der Waals surface area (Å²) < 4.78 is 0. The highest BCUT2D eigenvalue weighted by molar-refractivity contribution is 7.80. The van der Waals surface area contributed by atoms with Gasteiger partial charge in [0.25, 0.3) is 0 Å². The molecule has 1 atom stereocenters. The normalized spacial score (nSPS) is 25.4. The van der Waals surface area contributed by atoms with E-state index in [0.29, 0.717) is 22.4 Å². The number of likely N-dealkylation sites (tertiary alicyclic amines) is 1. The summed E-state index contributed by atoms with van der Waals surface area (Å²) in [6.07, 6.45) is 9.31. The predicted octanol–water partition coefficient (Wildman–Crippen LogP) is 3.46. The molecule has 2 heterocycles. The zero-order chi connectivity index (χ0) is 14.5. The molecule has 108 valence electrons. The molecule has 2 aliphatic rings. The van der Waals surface area contributed by atoms with E-state index in [4.69, 9.17) is 12.2 Å². The monoisotopic (exact) mass is 292 g/mol. The molecule has 0 spiro atoms. The lowest BCUT2D eigenvalue weighted by atomic mass is 10.0. The second kappa shape index (κ2) is 6.76. The maximum absolute atomic E-state index is 9.68. The molecule has 6 heteroatoms. The first-order valence-electron chi connectivity index (χ1n) is 6.82. The molecular weight excluding hydrogens is 272 g/mol. The number of thiocarbonyl (C=S) groups is 1. The maximum Gasteiger partial charge on any atom is 0.216 e. The highest BCUT2D eigenvalue weighted by Crippen LogP contribution is 2.18. The molecule has 5 nitrogen and oxygen atoms in total. The van der Waals surface area contributed by atoms with Crippen molar-refractivity contribution in [2.24, 2.45) is 16.1 Å². The third-order valence-electron chi connectivity index (χ3n) is 3.42. The zero-order valence-electron chi connectivity index (χ0n) is 11.9. The van der Waals surface area contributed by atoms with E-state index < -0.39 is 0 Å². The van der Waals surface area contributed by atoms with Crippen LogP contribution in [0.5, 0.6) is 0 Å². The molecule has 2 aliphatic heterocycles. The van der Waals surface area contributed by atoms with E-state index in [9.17, 15) is 5.21 Å². The number of nitrogens with zero attached hydrogens (tertiary/aromatic N) is 4. The van der Waals surface area contributed by atoms with E-state index in [1.54, 1.807) is 25.3 Å². The van der Waals surface area contributed by atoms with Crippen LogP contribution in [0.15, 0.2) is 46.1 Å². The molecule has 0 aromatic rings. The van der Waals surface area contributed by atoms with Crippen LogP contribution in [0.1, 0.15) is 26.7 Å². The van der Waals surface area contributed by atoms with Gasteiger partial charge in [0, 0.05) is 19.3 Å². The van der Waals surface area contributed by atoms with E-state index in [1.165, 1.54) is 6.42 Å². The van der Waals surface area contributed by atoms with Crippen LogP contribution >= 0.6 is 12.2 Å². The number of hydrogen-bond acceptors (Lipinski definition) is 4. The van der Waals surface area contributed by atoms with Gasteiger partial charge in [-0.3, -0.25) is 5.21 Å². The quantitative estimate of drug-likeness (QED) is 0.594. The number of piperidine rings is 1. The summed E-state index contributed by atoms with van der Waals surface area (Å²) in [5, 5.41) is 19.5. The minimum Gasteiger partial charge on any atom is -0.346 e. The summed E-state index contributed by atoms with van der Waals surface area (Å²) in [7, 11) is 0. The van der Waals surface area contributed by atoms with Crippen molar-refractivity contribution >= 4 is 17.3 Å². The van der Waals surface area contributed by atoms with E-state index in [0.717, 1.165) is 24.6 Å². The Morgan fingerprint density at radius 3 is 2.90 bits per heavy atom. The number of allylic oxidation sites excluding steroid dienone is 4. The average Bonchev–Trinajstić information content (AvgIpc) is 2.45. The van der Waals surface area contributed by atoms with Gasteiger partial charge in [-0.15, -0.1) is 5.11 Å². The Morgan fingerprint density at radius 2 is 2.20 bits per heavy atom. The van der Waals surface area contributed by atoms with Crippen LogP contribution in [-0.2, 0) is 0 Å². The van der Waals surface area contributed by atoms with Gasteiger partial charge in [0.15, 0.2) is 0 Å². The van der Waals surface area contributed by atoms with Crippen molar-refractivity contribution in [1.29, 1.82) is 0 Å². The van der Waals surface area contributed by atoms with Crippen LogP contribution in [0.25, 0.3) is 0 Å². The first-order valence-corrected chi connectivity index (χ1v) is 7.23. The second-order valence-corrected chi connectivity index (χ2v) is 5.56. The summed E-state index contributed by atoms with van der Waals surface area (Å²) in [6, 6.07) is 0. The SMILES string of the molecule is C/C(N=NC(=S)N1CCCC(C)C1)=C1/C=CC=CN1O. The summed E-state index contributed by atoms with van der Waals surface area (Å²) in [4.78, 5) is 2.10. The van der Waals surface area contributed by atoms with Crippen molar-refractivity contribution < 1.29 is 5.21 Å². The first kappa shape index (κ1) is 14.9. The molecule has 0 aliphatic carbocycles. The lowest BCUT2D eigenvalue weighted by Gasteiger charge is -2.30. The highest BCUT2D eigenvalue weighted by Gasteiger charge is 2.18. The molecule has 1 N–H and O–H groups in total. The first-order chi connectivity index (χ1) is 9.58. The smallest absolute Gasteiger partial charge is 0.216 e. The van der Waals surface area contributed by atoms with Crippen molar-refractivity contribution in [1.82, 2.24) is 9.96 Å². The Bertz CT molecular complexity index is 495. The third kappa shape index (κ3) is 3.74. The predicted molar refractivity (Wildman–Crippen MR) is 82.0 cm³/mol. The van der Waals surface area contributed by atoms with Crippen molar-refractivity contribution in [3.05, 3.63) is 35.8 Å². The number of hydrogen-bond donors (Lipinski definition) is 1. The number of rotatable bonds is 1. The van der Waals surface area contributed by atoms with Crippen molar-refractivity contribution in [3.63, 3.8) is 0 Å². The van der Waals surface area contributed by atoms with E-state index in [-0.39, 0.29) is 0 Å². The van der Waals surface area contributed by atoms with E-state index in [2.05, 4.69) is 22.1 Å². The zero-order valence-corrected chi connectivity index (χ0v) is 12.7. The summed E-state index contributed by atoms with van der Waals surface area (Å²) in [5.74, 6) is 0.649. The molecule has 0 amide bonds. The number of azo groups is 1. The molecule has 1 saturated heterocycles. The molecule has 20 heavy (non-hydrogen) atoms. The summed E-state index contributed by atoms with van der Waals surface area (Å²) in [6.45, 7) is 5.92. The Kier molecular flexibility index (Phi) is 5.03. The topological polar surface area (TPSA) is 51.4 Å². The molecule has 0 bridgehead atoms. The highest BCUT2D eigenvalue weighted by atomic mass is 32.1. The van der Waals surface area contributed by atoms with Crippen molar-refractivity contribution in [2.75, 3.05) is 13.1 Å². The fourth-order valence-electron chi connectivity index (χ4n) is 2.32. The minimum atomic E-state index is 0.524. The Balaban J connectivity index is 2.01. The molecule has 1 unspecified atom stereocenters. The van der Waals surface area contributed by atoms with Gasteiger partial charge in [0.1, 0.15) is 0 Å². The average molecular weight is 292 g/mol. The lowest BCUT2D eigenvalue weighted by Crippen LogP contribution is -2.37. The fourth-order valence-corrected chi connectivity index (χ4v) is 2.52. The van der Waals surface area contributed by atoms with Crippen molar-refractivity contribution in [2.45, 2.75) is 26.7 Å². The van der Waals surface area contributed by atoms with Crippen LogP contribution in [0.4, 0.5) is 0 Å². The van der Waals surface area contributed by atoms with Crippen LogP contribution in [-0.4, -0.2) is 33.4 Å². The Hall–Kier alpha value is -1.53. The summed E-state index contributed by atoms with van der Waals surface area (Å²) in [5.41, 5.74) is 1.23. The Labute approximate surface area is 124 Å². The lowest BCUT2D eigenvalue weighted by molar-refractivity contribution is -0.00149. The number of hydroxylamine groups is 2. The largest absolute Gasteiger partial charge is 0.346 e. The molecular formula is C14H20N4OS. The molecule has 0 aromatic heterocycles. The molecule has 2 rings (SSSR count). The van der Waals surface area contributed by atoms with Gasteiger partial charge in [0.2, 0.25) is 5.11 Å². The van der Waals surface area contributed by atoms with Gasteiger partial charge in [-0.2, -0.15) is 5.11 Å². The summed E-state index contributed by atoms with van der Waals surface area (Å²) >= 11 is 5.31. The van der Waals surface area contributed by atoms with Gasteiger partial charge in [0.05, 0.1) is 11.4 Å². The van der Waals surface area contributed by atoms with Crippen LogP contribution in [0, 0.1) is 5.92 Å². The van der Waals surface area contributed by atoms with Crippen molar-refractivity contribution in [3.8, 4) is 0 Å². The molecule has 0 radical (unpaired) electrons. The van der Waals surface area contributed by atoms with Gasteiger partial charge in [-0.05, 0) is 50.1 Å². The van der Waals surface area contributed by atoms with Crippen LogP contribution in [0.2, 0.25) is 0 Å². The van der Waals surface area contributed by atoms with Gasteiger partial charge >= 0.3 is 0 Å². The Morgan fingerprint density at radius 1 is 1.40 bits per heavy atom. The molecule has 0 aromatic carbocycles. The van der Waals surface area contributed by atoms with Crippen LogP contribution in [0.3, 0.4) is 0 Å². The van der Waals surface area contributed by atoms with E-state index in [1.807, 2.05) is 6.08 Å².